The first kappa shape index (κ1) is 22.7. The second-order valence-electron chi connectivity index (χ2n) is 7.20. The highest BCUT2D eigenvalue weighted by molar-refractivity contribution is 14.0. The van der Waals surface area contributed by atoms with Crippen LogP contribution < -0.4 is 5.32 Å². The van der Waals surface area contributed by atoms with Crippen molar-refractivity contribution in [1.82, 2.24) is 20.0 Å². The van der Waals surface area contributed by atoms with Gasteiger partial charge in [0.05, 0.1) is 11.4 Å². The third kappa shape index (κ3) is 6.20. The molecule has 1 aliphatic rings. The highest BCUT2D eigenvalue weighted by Crippen LogP contribution is 2.18. The van der Waals surface area contributed by atoms with Crippen molar-refractivity contribution in [2.75, 3.05) is 33.9 Å². The van der Waals surface area contributed by atoms with Crippen LogP contribution in [0.2, 0.25) is 0 Å². The third-order valence-electron chi connectivity index (χ3n) is 5.18. The van der Waals surface area contributed by atoms with Gasteiger partial charge >= 0.3 is 0 Å². The lowest BCUT2D eigenvalue weighted by atomic mass is 9.96. The average molecular weight is 497 g/mol. The molecule has 6 nitrogen and oxygen atoms in total. The molecule has 0 unspecified atom stereocenters. The number of nitrogens with zero attached hydrogens (tertiary/aromatic N) is 4. The van der Waals surface area contributed by atoms with Gasteiger partial charge in [-0.1, -0.05) is 18.2 Å². The van der Waals surface area contributed by atoms with Crippen LogP contribution in [-0.2, 0) is 11.3 Å². The second-order valence-corrected chi connectivity index (χ2v) is 7.20. The SMILES string of the molecule is CN=C(NCc1ccccc1-n1ccc(C)n1)N(C)CCC1CCOCC1.I. The normalized spacial score (nSPS) is 15.2. The van der Waals surface area contributed by atoms with E-state index in [1.165, 1.54) is 24.8 Å². The average Bonchev–Trinajstić information content (AvgIpc) is 3.14. The minimum absolute atomic E-state index is 0. The molecular weight excluding hydrogens is 465 g/mol. The maximum absolute atomic E-state index is 5.46. The second kappa shape index (κ2) is 11.4. The fourth-order valence-corrected chi connectivity index (χ4v) is 3.51. The minimum Gasteiger partial charge on any atom is -0.381 e. The quantitative estimate of drug-likeness (QED) is 0.377. The first-order valence-corrected chi connectivity index (χ1v) is 9.77. The molecule has 0 radical (unpaired) electrons. The number of aliphatic imine (C=N–C) groups is 1. The van der Waals surface area contributed by atoms with Gasteiger partial charge < -0.3 is 15.0 Å². The van der Waals surface area contributed by atoms with Gasteiger partial charge in [-0.05, 0) is 49.8 Å². The van der Waals surface area contributed by atoms with Crippen molar-refractivity contribution in [2.24, 2.45) is 10.9 Å². The molecule has 1 N–H and O–H groups in total. The van der Waals surface area contributed by atoms with Crippen LogP contribution in [0.15, 0.2) is 41.5 Å². The predicted octanol–water partition coefficient (Wildman–Crippen LogP) is 3.62. The summed E-state index contributed by atoms with van der Waals surface area (Å²) in [4.78, 5) is 6.68. The van der Waals surface area contributed by atoms with Gasteiger partial charge in [-0.15, -0.1) is 24.0 Å². The number of benzene rings is 1. The zero-order chi connectivity index (χ0) is 19.1. The van der Waals surface area contributed by atoms with E-state index in [9.17, 15) is 0 Å². The molecule has 0 spiro atoms. The standard InChI is InChI=1S/C21H31N5O.HI/c1-17-8-13-26(24-17)20-7-5-4-6-19(20)16-23-21(22-2)25(3)12-9-18-10-14-27-15-11-18;/h4-8,13,18H,9-12,14-16H2,1-3H3,(H,22,23);1H. The molecule has 0 aliphatic carbocycles. The topological polar surface area (TPSA) is 54.7 Å². The van der Waals surface area contributed by atoms with Crippen molar-refractivity contribution in [3.8, 4) is 5.69 Å². The number of hydrogen-bond donors (Lipinski definition) is 1. The molecule has 0 bridgehead atoms. The van der Waals surface area contributed by atoms with E-state index in [1.54, 1.807) is 0 Å². The molecule has 0 atom stereocenters. The van der Waals surface area contributed by atoms with E-state index in [0.717, 1.165) is 43.0 Å². The molecule has 0 saturated carbocycles. The number of aryl methyl sites for hydroxylation is 1. The van der Waals surface area contributed by atoms with E-state index < -0.39 is 0 Å². The van der Waals surface area contributed by atoms with E-state index in [1.807, 2.05) is 37.0 Å². The fraction of sp³-hybridized carbons (Fsp3) is 0.524. The monoisotopic (exact) mass is 497 g/mol. The lowest BCUT2D eigenvalue weighted by Crippen LogP contribution is -2.39. The Morgan fingerprint density at radius 2 is 2.04 bits per heavy atom. The number of hydrogen-bond acceptors (Lipinski definition) is 3. The minimum atomic E-state index is 0. The molecule has 154 valence electrons. The Balaban J connectivity index is 0.00000280. The summed E-state index contributed by atoms with van der Waals surface area (Å²) in [5.41, 5.74) is 3.31. The summed E-state index contributed by atoms with van der Waals surface area (Å²) in [5, 5.41) is 8.04. The van der Waals surface area contributed by atoms with Gasteiger partial charge in [0.1, 0.15) is 0 Å². The largest absolute Gasteiger partial charge is 0.381 e. The first-order valence-electron chi connectivity index (χ1n) is 9.77. The molecule has 1 aromatic heterocycles. The lowest BCUT2D eigenvalue weighted by Gasteiger charge is -2.27. The molecule has 7 heteroatoms. The molecule has 1 aliphatic heterocycles. The number of rotatable bonds is 6. The highest BCUT2D eigenvalue weighted by Gasteiger charge is 2.15. The van der Waals surface area contributed by atoms with Crippen LogP contribution in [-0.4, -0.2) is 54.5 Å². The lowest BCUT2D eigenvalue weighted by molar-refractivity contribution is 0.0625. The molecule has 0 amide bonds. The summed E-state index contributed by atoms with van der Waals surface area (Å²) in [7, 11) is 3.95. The van der Waals surface area contributed by atoms with Crippen LogP contribution in [0.3, 0.4) is 0 Å². The van der Waals surface area contributed by atoms with Gasteiger partial charge in [-0.2, -0.15) is 5.10 Å². The number of aromatic nitrogens is 2. The zero-order valence-electron chi connectivity index (χ0n) is 17.1. The predicted molar refractivity (Wildman–Crippen MR) is 125 cm³/mol. The van der Waals surface area contributed by atoms with Gasteiger partial charge in [0.2, 0.25) is 0 Å². The summed E-state index contributed by atoms with van der Waals surface area (Å²) >= 11 is 0. The van der Waals surface area contributed by atoms with Crippen LogP contribution in [0.5, 0.6) is 0 Å². The first-order chi connectivity index (χ1) is 13.2. The number of guanidine groups is 1. The van der Waals surface area contributed by atoms with Crippen molar-refractivity contribution in [2.45, 2.75) is 32.7 Å². The molecular formula is C21H32IN5O. The summed E-state index contributed by atoms with van der Waals surface area (Å²) in [6.07, 6.45) is 5.54. The Morgan fingerprint density at radius 3 is 2.71 bits per heavy atom. The van der Waals surface area contributed by atoms with Crippen LogP contribution in [0.1, 0.15) is 30.5 Å². The third-order valence-corrected chi connectivity index (χ3v) is 5.18. The van der Waals surface area contributed by atoms with E-state index in [2.05, 4.69) is 45.6 Å². The van der Waals surface area contributed by atoms with Crippen LogP contribution in [0.25, 0.3) is 5.69 Å². The maximum Gasteiger partial charge on any atom is 0.193 e. The summed E-state index contributed by atoms with van der Waals surface area (Å²) in [6.45, 7) is 5.54. The van der Waals surface area contributed by atoms with Crippen LogP contribution in [0.4, 0.5) is 0 Å². The smallest absolute Gasteiger partial charge is 0.193 e. The number of nitrogens with one attached hydrogen (secondary N) is 1. The Kier molecular flexibility index (Phi) is 9.24. The van der Waals surface area contributed by atoms with Gasteiger partial charge in [0.15, 0.2) is 5.96 Å². The van der Waals surface area contributed by atoms with Gasteiger partial charge in [0, 0.05) is 46.6 Å². The van der Waals surface area contributed by atoms with Gasteiger partial charge in [-0.3, -0.25) is 4.99 Å². The Bertz CT molecular complexity index is 755. The number of halogens is 1. The molecule has 3 rings (SSSR count). The Labute approximate surface area is 185 Å². The van der Waals surface area contributed by atoms with E-state index >= 15 is 0 Å². The Hall–Kier alpha value is -1.61. The fourth-order valence-electron chi connectivity index (χ4n) is 3.51. The maximum atomic E-state index is 5.46. The molecule has 1 fully saturated rings. The van der Waals surface area contributed by atoms with Gasteiger partial charge in [0.25, 0.3) is 0 Å². The molecule has 28 heavy (non-hydrogen) atoms. The van der Waals surface area contributed by atoms with Crippen LogP contribution in [0, 0.1) is 12.8 Å². The molecule has 1 saturated heterocycles. The van der Waals surface area contributed by atoms with E-state index in [-0.39, 0.29) is 24.0 Å². The van der Waals surface area contributed by atoms with Crippen LogP contribution >= 0.6 is 24.0 Å². The van der Waals surface area contributed by atoms with Crippen molar-refractivity contribution >= 4 is 29.9 Å². The van der Waals surface area contributed by atoms with Gasteiger partial charge in [-0.25, -0.2) is 4.68 Å². The highest BCUT2D eigenvalue weighted by atomic mass is 127. The molecule has 1 aromatic carbocycles. The number of ether oxygens (including phenoxy) is 1. The molecule has 2 aromatic rings. The summed E-state index contributed by atoms with van der Waals surface area (Å²) in [5.74, 6) is 1.69. The summed E-state index contributed by atoms with van der Waals surface area (Å²) in [6, 6.07) is 10.4. The molecule has 2 heterocycles. The van der Waals surface area contributed by atoms with E-state index in [4.69, 9.17) is 4.74 Å². The Morgan fingerprint density at radius 1 is 1.29 bits per heavy atom. The van der Waals surface area contributed by atoms with Crippen molar-refractivity contribution in [3.05, 3.63) is 47.8 Å². The van der Waals surface area contributed by atoms with E-state index in [0.29, 0.717) is 6.54 Å². The summed E-state index contributed by atoms with van der Waals surface area (Å²) < 4.78 is 7.39. The number of para-hydroxylation sites is 1. The zero-order valence-corrected chi connectivity index (χ0v) is 19.4. The van der Waals surface area contributed by atoms with Crippen molar-refractivity contribution in [3.63, 3.8) is 0 Å². The van der Waals surface area contributed by atoms with Crippen molar-refractivity contribution in [1.29, 1.82) is 0 Å². The van der Waals surface area contributed by atoms with Crippen molar-refractivity contribution < 1.29 is 4.74 Å².